The van der Waals surface area contributed by atoms with Crippen molar-refractivity contribution in [3.63, 3.8) is 0 Å². The van der Waals surface area contributed by atoms with Gasteiger partial charge in [0.15, 0.2) is 0 Å². The maximum atomic E-state index is 14.0. The van der Waals surface area contributed by atoms with Gasteiger partial charge < -0.3 is 4.42 Å². The summed E-state index contributed by atoms with van der Waals surface area (Å²) in [5.41, 5.74) is 9.77. The Labute approximate surface area is 637 Å². The van der Waals surface area contributed by atoms with Gasteiger partial charge in [-0.15, -0.1) is 45.0 Å². The number of furan rings is 1. The molecule has 3 aliphatic rings. The lowest BCUT2D eigenvalue weighted by atomic mass is 9.85. The van der Waals surface area contributed by atoms with Crippen LogP contribution in [0.1, 0.15) is 107 Å². The van der Waals surface area contributed by atoms with Crippen LogP contribution in [-0.2, 0) is 38.5 Å². The largest absolute Gasteiger partial charge is 0.469 e. The molecular formula is C92H110F7N7O. The van der Waals surface area contributed by atoms with E-state index < -0.39 is 37.5 Å². The molecule has 0 fully saturated rings. The molecule has 0 saturated heterocycles. The SMILES string of the molecule is C#CCN(C)C(C)C([18F])Cc1ccccc1.C#CCN(C)C(C)C([18F])c1ccccc1.C#CCN(C)C(C[18F])Cc1ccccc1.C#CCN(C)C(C[18F])Cc1ccco1.C#CCN(C)C1CC([18F])Cc2ccccc21.C#CCN(C)C1c2ccccc2CC1[18F].C#CCN(C)C1c2ccccc2CCC1[18F]. The van der Waals surface area contributed by atoms with E-state index in [0.717, 1.165) is 45.6 Å². The predicted molar refractivity (Wildman–Crippen MR) is 429 cm³/mol. The molecule has 15 heteroatoms. The lowest BCUT2D eigenvalue weighted by Crippen LogP contribution is -2.38. The van der Waals surface area contributed by atoms with E-state index in [4.69, 9.17) is 49.4 Å². The third-order valence-electron chi connectivity index (χ3n) is 19.4. The second-order valence-corrected chi connectivity index (χ2v) is 27.2. The van der Waals surface area contributed by atoms with Crippen molar-refractivity contribution >= 4 is 0 Å². The average molecular weight is 1460 g/mol. The molecule has 6 aromatic carbocycles. The third kappa shape index (κ3) is 30.5. The predicted octanol–water partition coefficient (Wildman–Crippen LogP) is 16.4. The van der Waals surface area contributed by atoms with E-state index in [-0.39, 0.29) is 49.0 Å². The van der Waals surface area contributed by atoms with Crippen LogP contribution in [0, 0.1) is 86.4 Å². The summed E-state index contributed by atoms with van der Waals surface area (Å²) >= 11 is 0. The minimum atomic E-state index is -0.996. The molecule has 0 radical (unpaired) electrons. The molecule has 1 aromatic heterocycles. The summed E-state index contributed by atoms with van der Waals surface area (Å²) in [4.78, 5) is 13.2. The van der Waals surface area contributed by atoms with Crippen LogP contribution in [0.5, 0.6) is 0 Å². The Morgan fingerprint density at radius 1 is 0.421 bits per heavy atom. The molecule has 0 N–H and O–H groups in total. The maximum absolute atomic E-state index is 14.0. The summed E-state index contributed by atoms with van der Waals surface area (Å²) in [7, 11) is 13.1. The fourth-order valence-corrected chi connectivity index (χ4v) is 12.9. The first-order valence-corrected chi connectivity index (χ1v) is 36.2. The highest BCUT2D eigenvalue weighted by atomic mass is 18.2. The number of hydrogen-bond donors (Lipinski definition) is 0. The number of alkyl halides is 7. The highest BCUT2D eigenvalue weighted by molar-refractivity contribution is 5.38. The molecule has 0 saturated carbocycles. The second-order valence-electron chi connectivity index (χ2n) is 27.2. The van der Waals surface area contributed by atoms with Gasteiger partial charge in [-0.3, -0.25) is 34.3 Å². The molecule has 12 unspecified atom stereocenters. The van der Waals surface area contributed by atoms with Gasteiger partial charge in [0.2, 0.25) is 0 Å². The number of terminal acetylenes is 7. The highest BCUT2D eigenvalue weighted by Gasteiger charge is 2.35. The van der Waals surface area contributed by atoms with Crippen LogP contribution in [0.4, 0.5) is 30.7 Å². The zero-order valence-corrected chi connectivity index (χ0v) is 64.0. The molecule has 8 nitrogen and oxygen atoms in total. The zero-order valence-electron chi connectivity index (χ0n) is 64.0. The zero-order chi connectivity index (χ0) is 78.6. The molecule has 10 rings (SSSR count). The van der Waals surface area contributed by atoms with Crippen molar-refractivity contribution in [2.45, 2.75) is 138 Å². The number of likely N-dealkylation sites (N-methyl/N-ethyl adjacent to an activating group) is 3. The van der Waals surface area contributed by atoms with Crippen LogP contribution in [0.3, 0.4) is 0 Å². The molecule has 1 heterocycles. The van der Waals surface area contributed by atoms with Gasteiger partial charge in [-0.25, -0.2) is 30.7 Å². The van der Waals surface area contributed by atoms with Crippen molar-refractivity contribution in [2.75, 3.05) is 108 Å². The van der Waals surface area contributed by atoms with Gasteiger partial charge >= 0.3 is 0 Å². The van der Waals surface area contributed by atoms with E-state index in [1.165, 1.54) is 11.1 Å². The van der Waals surface area contributed by atoms with Gasteiger partial charge in [-0.2, -0.15) is 0 Å². The third-order valence-corrected chi connectivity index (χ3v) is 19.4. The van der Waals surface area contributed by atoms with Crippen molar-refractivity contribution in [3.8, 4) is 86.4 Å². The summed E-state index contributed by atoms with van der Waals surface area (Å²) in [5.74, 6) is 18.6. The fraction of sp³-hybridized carbons (Fsp3) is 0.413. The Balaban J connectivity index is 0.000000264. The minimum absolute atomic E-state index is 0.121. The molecule has 0 spiro atoms. The molecule has 12 atom stereocenters. The number of benzene rings is 6. The van der Waals surface area contributed by atoms with Crippen LogP contribution in [0.15, 0.2) is 187 Å². The van der Waals surface area contributed by atoms with E-state index >= 15 is 0 Å². The lowest BCUT2D eigenvalue weighted by molar-refractivity contribution is 0.131. The maximum Gasteiger partial charge on any atom is 0.140 e. The Hall–Kier alpha value is -9.25. The first-order chi connectivity index (χ1) is 51.6. The molecule has 0 amide bonds. The number of nitrogens with zero attached hydrogens (tertiary/aromatic N) is 7. The normalized spacial score (nSPS) is 18.1. The summed E-state index contributed by atoms with van der Waals surface area (Å²) in [6.45, 7) is 6.35. The summed E-state index contributed by atoms with van der Waals surface area (Å²) in [5, 5.41) is 0. The van der Waals surface area contributed by atoms with Crippen LogP contribution in [0.25, 0.3) is 0 Å². The van der Waals surface area contributed by atoms with E-state index in [0.29, 0.717) is 96.3 Å². The molecular weight excluding hydrogens is 1350 g/mol. The second kappa shape index (κ2) is 50.3. The molecule has 0 aliphatic heterocycles. The Kier molecular flexibility index (Phi) is 42.4. The van der Waals surface area contributed by atoms with Gasteiger partial charge in [0, 0.05) is 55.9 Å². The van der Waals surface area contributed by atoms with Gasteiger partial charge in [0.05, 0.1) is 64.2 Å². The Morgan fingerprint density at radius 3 is 1.31 bits per heavy atom. The molecule has 568 valence electrons. The summed E-state index contributed by atoms with van der Waals surface area (Å²) < 4.78 is 100. The topological polar surface area (TPSA) is 35.8 Å². The van der Waals surface area contributed by atoms with Gasteiger partial charge in [0.1, 0.15) is 50.0 Å². The summed E-state index contributed by atoms with van der Waals surface area (Å²) in [6, 6.07) is 55.5. The fourth-order valence-electron chi connectivity index (χ4n) is 12.9. The van der Waals surface area contributed by atoms with Gasteiger partial charge in [-0.1, -0.05) is 205 Å². The monoisotopic (exact) mass is 1450 g/mol. The first-order valence-electron chi connectivity index (χ1n) is 36.2. The number of halogens is 7. The van der Waals surface area contributed by atoms with Crippen LogP contribution >= 0.6 is 0 Å². The van der Waals surface area contributed by atoms with E-state index in [1.807, 2.05) is 243 Å². The number of aryl methyl sites for hydroxylation is 1. The summed E-state index contributed by atoms with van der Waals surface area (Å²) in [6.07, 6.45) is 38.6. The van der Waals surface area contributed by atoms with Crippen molar-refractivity contribution in [1.82, 2.24) is 34.3 Å². The van der Waals surface area contributed by atoms with Gasteiger partial charge in [0.25, 0.3) is 0 Å². The standard InChI is InChI=1S/2C14H16FN.C14H18FN.C13H14FN.2C13H16FN.C11H14FNO/c1-3-10-16(2)14-12-7-5-4-6-11(12)8-9-13(14)15;1-3-8-16(2)14-10-12(15)9-11-6-4-5-7-13(11)14;1-4-10-16(3)12(2)14(15)11-13-8-6-5-7-9-13;1-3-8-15(2)13-11-7-5-4-6-10(11)9-12(13)14;1-4-10-15(3)11(2)13(14)12-8-6-5-7-9-12;1-3-9-15(2)13(11-14)10-12-7-5-4-6-8-12;1-3-6-13(2)10(9-12)8-11-5-4-7-14-11/h1,4-7,13-14H,8-10H2,2H3;1,4-7,12,14H,8-10H2,2H3;1,5-9,12,14H,10-11H2,2-3H3;1,4-7,12-13H,8-9H2,2H3;1,5-9,11,13H,10H2,2-3H3;1,4-8,13H,9-11H2,2H3;1,4-5,7,10H,6,8-9H2,2H3/i3*15-1;3*14-1;12-1. The van der Waals surface area contributed by atoms with E-state index in [2.05, 4.69) is 53.6 Å². The van der Waals surface area contributed by atoms with Gasteiger partial charge in [-0.05, 0) is 151 Å². The number of rotatable bonds is 25. The average Bonchev–Trinajstić information content (AvgIpc) is 1.77. The Bertz CT molecular complexity index is 3890. The number of hydrogen-bond acceptors (Lipinski definition) is 8. The quantitative estimate of drug-likeness (QED) is 0.0414. The van der Waals surface area contributed by atoms with Crippen molar-refractivity contribution in [1.29, 1.82) is 0 Å². The van der Waals surface area contributed by atoms with Crippen molar-refractivity contribution in [2.24, 2.45) is 0 Å². The molecule has 0 bridgehead atoms. The number of fused-ring (bicyclic) bond motifs is 3. The smallest absolute Gasteiger partial charge is 0.140 e. The molecule has 107 heavy (non-hydrogen) atoms. The van der Waals surface area contributed by atoms with Crippen LogP contribution in [-0.4, -0.2) is 192 Å². The van der Waals surface area contributed by atoms with E-state index in [1.54, 1.807) is 24.5 Å². The van der Waals surface area contributed by atoms with Crippen LogP contribution < -0.4 is 0 Å². The highest BCUT2D eigenvalue weighted by Crippen LogP contribution is 2.38. The Morgan fingerprint density at radius 2 is 0.822 bits per heavy atom. The molecule has 3 aliphatic carbocycles. The molecule has 7 aromatic rings. The van der Waals surface area contributed by atoms with E-state index in [9.17, 15) is 30.7 Å². The minimum Gasteiger partial charge on any atom is -0.469 e. The first kappa shape index (κ1) is 90.1. The van der Waals surface area contributed by atoms with Crippen molar-refractivity contribution < 1.29 is 35.2 Å². The lowest BCUT2D eigenvalue weighted by Gasteiger charge is -2.34. The van der Waals surface area contributed by atoms with Crippen LogP contribution in [0.2, 0.25) is 0 Å². The van der Waals surface area contributed by atoms with Crippen molar-refractivity contribution in [3.05, 3.63) is 238 Å².